The van der Waals surface area contributed by atoms with Crippen LogP contribution in [0.2, 0.25) is 0 Å². The lowest BCUT2D eigenvalue weighted by atomic mass is 10.00. The van der Waals surface area contributed by atoms with Gasteiger partial charge in [-0.05, 0) is 41.6 Å². The quantitative estimate of drug-likeness (QED) is 0.361. The summed E-state index contributed by atoms with van der Waals surface area (Å²) in [6, 6.07) is 10.2. The number of morpholine rings is 1. The van der Waals surface area contributed by atoms with E-state index in [1.165, 1.54) is 11.3 Å². The Morgan fingerprint density at radius 2 is 1.88 bits per heavy atom. The summed E-state index contributed by atoms with van der Waals surface area (Å²) in [5.41, 5.74) is 0.625. The van der Waals surface area contributed by atoms with Crippen molar-refractivity contribution in [3.8, 4) is 5.75 Å². The van der Waals surface area contributed by atoms with Crippen LogP contribution in [-0.2, 0) is 14.3 Å². The fourth-order valence-electron chi connectivity index (χ4n) is 4.05. The minimum absolute atomic E-state index is 0.139. The Kier molecular flexibility index (Phi) is 7.47. The van der Waals surface area contributed by atoms with Crippen LogP contribution in [0.25, 0.3) is 5.76 Å². The van der Waals surface area contributed by atoms with E-state index in [0.717, 1.165) is 18.0 Å². The third kappa shape index (κ3) is 5.29. The molecule has 2 saturated heterocycles. The van der Waals surface area contributed by atoms with Crippen LogP contribution in [0, 0.1) is 5.92 Å². The third-order valence-corrected chi connectivity index (χ3v) is 6.75. The lowest BCUT2D eigenvalue weighted by Gasteiger charge is -2.30. The maximum Gasteiger partial charge on any atom is 0.295 e. The first-order valence-electron chi connectivity index (χ1n) is 11.3. The highest BCUT2D eigenvalue weighted by molar-refractivity contribution is 7.10. The number of aliphatic hydroxyl groups is 1. The monoisotopic (exact) mass is 470 g/mol. The molecule has 0 saturated carbocycles. The number of carbonyl (C=O) groups excluding carboxylic acids is 2. The van der Waals surface area contributed by atoms with Gasteiger partial charge in [0.05, 0.1) is 31.4 Å². The number of ketones is 1. The standard InChI is InChI=1S/C25H30N2O5S/c1-17(2)16-32-19-7-5-18(6-8-19)23(28)21-22(20-4-3-15-33-20)27(25(30)24(21)29)10-9-26-11-13-31-14-12-26/h3-8,15,17,22,28H,9-14,16H2,1-2H3/t22-/m1/s1. The molecule has 0 aliphatic carbocycles. The van der Waals surface area contributed by atoms with Crippen LogP contribution >= 0.6 is 11.3 Å². The predicted octanol–water partition coefficient (Wildman–Crippen LogP) is 3.54. The van der Waals surface area contributed by atoms with Gasteiger partial charge < -0.3 is 19.5 Å². The second kappa shape index (κ2) is 10.5. The molecule has 0 radical (unpaired) electrons. The van der Waals surface area contributed by atoms with E-state index in [4.69, 9.17) is 9.47 Å². The van der Waals surface area contributed by atoms with Gasteiger partial charge in [0.1, 0.15) is 11.5 Å². The Morgan fingerprint density at radius 3 is 2.52 bits per heavy atom. The molecular weight excluding hydrogens is 440 g/mol. The highest BCUT2D eigenvalue weighted by atomic mass is 32.1. The highest BCUT2D eigenvalue weighted by Crippen LogP contribution is 2.41. The number of carbonyl (C=O) groups is 2. The number of Topliss-reactive ketones (excluding diaryl/α,β-unsaturated/α-hetero) is 1. The molecular formula is C25H30N2O5S. The van der Waals surface area contributed by atoms with Crippen molar-refractivity contribution in [2.24, 2.45) is 5.92 Å². The van der Waals surface area contributed by atoms with Gasteiger partial charge in [-0.3, -0.25) is 14.5 Å². The number of nitrogens with zero attached hydrogens (tertiary/aromatic N) is 2. The number of ether oxygens (including phenoxy) is 2. The summed E-state index contributed by atoms with van der Waals surface area (Å²) in [6.45, 7) is 8.75. The summed E-state index contributed by atoms with van der Waals surface area (Å²) < 4.78 is 11.1. The molecule has 7 nitrogen and oxygen atoms in total. The molecule has 2 aliphatic heterocycles. The molecule has 3 heterocycles. The topological polar surface area (TPSA) is 79.3 Å². The smallest absolute Gasteiger partial charge is 0.295 e. The lowest BCUT2D eigenvalue weighted by molar-refractivity contribution is -0.140. The first-order valence-corrected chi connectivity index (χ1v) is 12.2. The molecule has 2 aliphatic rings. The van der Waals surface area contributed by atoms with Gasteiger partial charge in [-0.2, -0.15) is 0 Å². The molecule has 1 aromatic heterocycles. The molecule has 4 rings (SSSR count). The van der Waals surface area contributed by atoms with Crippen molar-refractivity contribution in [1.29, 1.82) is 0 Å². The Hall–Kier alpha value is -2.68. The average molecular weight is 471 g/mol. The van der Waals surface area contributed by atoms with Gasteiger partial charge in [-0.15, -0.1) is 11.3 Å². The van der Waals surface area contributed by atoms with Crippen molar-refractivity contribution in [3.05, 3.63) is 57.8 Å². The fourth-order valence-corrected chi connectivity index (χ4v) is 4.90. The van der Waals surface area contributed by atoms with E-state index in [-0.39, 0.29) is 11.3 Å². The Balaban J connectivity index is 1.61. The summed E-state index contributed by atoms with van der Waals surface area (Å²) in [7, 11) is 0. The number of aliphatic hydroxyl groups excluding tert-OH is 1. The first-order chi connectivity index (χ1) is 16.0. The zero-order valence-electron chi connectivity index (χ0n) is 19.0. The molecule has 176 valence electrons. The van der Waals surface area contributed by atoms with Crippen LogP contribution in [0.3, 0.4) is 0 Å². The summed E-state index contributed by atoms with van der Waals surface area (Å²) in [5, 5.41) is 13.1. The normalized spacial score (nSPS) is 21.2. The van der Waals surface area contributed by atoms with E-state index >= 15 is 0 Å². The molecule has 0 spiro atoms. The minimum atomic E-state index is -0.645. The van der Waals surface area contributed by atoms with Crippen molar-refractivity contribution >= 4 is 28.8 Å². The summed E-state index contributed by atoms with van der Waals surface area (Å²) in [5.74, 6) is -0.275. The van der Waals surface area contributed by atoms with E-state index in [2.05, 4.69) is 18.7 Å². The van der Waals surface area contributed by atoms with Crippen LogP contribution < -0.4 is 4.74 Å². The van der Waals surface area contributed by atoms with Gasteiger partial charge in [0.2, 0.25) is 0 Å². The Bertz CT molecular complexity index is 994. The van der Waals surface area contributed by atoms with Crippen molar-refractivity contribution in [2.45, 2.75) is 19.9 Å². The second-order valence-corrected chi connectivity index (χ2v) is 9.67. The highest BCUT2D eigenvalue weighted by Gasteiger charge is 2.46. The molecule has 0 bridgehead atoms. The number of thiophene rings is 1. The van der Waals surface area contributed by atoms with Gasteiger partial charge >= 0.3 is 0 Å². The maximum atomic E-state index is 13.1. The van der Waals surface area contributed by atoms with Crippen LogP contribution in [0.15, 0.2) is 47.4 Å². The largest absolute Gasteiger partial charge is 0.507 e. The first kappa shape index (κ1) is 23.5. The maximum absolute atomic E-state index is 13.1. The molecule has 8 heteroatoms. The average Bonchev–Trinajstić information content (AvgIpc) is 3.44. The van der Waals surface area contributed by atoms with Gasteiger partial charge in [-0.25, -0.2) is 0 Å². The molecule has 0 unspecified atom stereocenters. The molecule has 1 atom stereocenters. The predicted molar refractivity (Wildman–Crippen MR) is 127 cm³/mol. The summed E-state index contributed by atoms with van der Waals surface area (Å²) in [4.78, 5) is 30.7. The van der Waals surface area contributed by atoms with Gasteiger partial charge in [-0.1, -0.05) is 19.9 Å². The molecule has 1 N–H and O–H groups in total. The Morgan fingerprint density at radius 1 is 1.15 bits per heavy atom. The number of likely N-dealkylation sites (tertiary alicyclic amines) is 1. The molecule has 1 amide bonds. The van der Waals surface area contributed by atoms with E-state index in [1.807, 2.05) is 17.5 Å². The molecule has 2 fully saturated rings. The van der Waals surface area contributed by atoms with E-state index in [1.54, 1.807) is 29.2 Å². The number of hydrogen-bond acceptors (Lipinski definition) is 7. The fraction of sp³-hybridized carbons (Fsp3) is 0.440. The zero-order valence-corrected chi connectivity index (χ0v) is 19.8. The summed E-state index contributed by atoms with van der Waals surface area (Å²) in [6.07, 6.45) is 0. The van der Waals surface area contributed by atoms with Crippen molar-refractivity contribution in [3.63, 3.8) is 0 Å². The number of hydrogen-bond donors (Lipinski definition) is 1. The van der Waals surface area contributed by atoms with Crippen LogP contribution in [-0.4, -0.2) is 72.6 Å². The number of amides is 1. The van der Waals surface area contributed by atoms with E-state index in [9.17, 15) is 14.7 Å². The third-order valence-electron chi connectivity index (χ3n) is 5.82. The number of benzene rings is 1. The van der Waals surface area contributed by atoms with Gasteiger partial charge in [0.15, 0.2) is 0 Å². The minimum Gasteiger partial charge on any atom is -0.507 e. The van der Waals surface area contributed by atoms with Crippen LogP contribution in [0.5, 0.6) is 5.75 Å². The summed E-state index contributed by atoms with van der Waals surface area (Å²) >= 11 is 1.47. The number of rotatable bonds is 8. The van der Waals surface area contributed by atoms with E-state index < -0.39 is 17.7 Å². The van der Waals surface area contributed by atoms with Crippen LogP contribution in [0.1, 0.15) is 30.3 Å². The molecule has 2 aromatic rings. The van der Waals surface area contributed by atoms with Gasteiger partial charge in [0, 0.05) is 36.6 Å². The lowest BCUT2D eigenvalue weighted by Crippen LogP contribution is -2.42. The van der Waals surface area contributed by atoms with Crippen molar-refractivity contribution in [2.75, 3.05) is 46.0 Å². The Labute approximate surface area is 198 Å². The van der Waals surface area contributed by atoms with Crippen molar-refractivity contribution in [1.82, 2.24) is 9.80 Å². The second-order valence-electron chi connectivity index (χ2n) is 8.69. The van der Waals surface area contributed by atoms with E-state index in [0.29, 0.717) is 50.1 Å². The van der Waals surface area contributed by atoms with Crippen molar-refractivity contribution < 1.29 is 24.2 Å². The van der Waals surface area contributed by atoms with Gasteiger partial charge in [0.25, 0.3) is 11.7 Å². The molecule has 1 aromatic carbocycles. The molecule has 33 heavy (non-hydrogen) atoms. The zero-order chi connectivity index (χ0) is 23.4. The van der Waals surface area contributed by atoms with Crippen LogP contribution in [0.4, 0.5) is 0 Å². The SMILES string of the molecule is CC(C)COc1ccc(C(O)=C2C(=O)C(=O)N(CCN3CCOCC3)[C@@H]2c2cccs2)cc1.